The smallest absolute Gasteiger partial charge is 0.227 e. The van der Waals surface area contributed by atoms with Crippen LogP contribution in [-0.4, -0.2) is 38.0 Å². The molecule has 5 heteroatoms. The van der Waals surface area contributed by atoms with Crippen LogP contribution in [0.3, 0.4) is 0 Å². The van der Waals surface area contributed by atoms with Crippen LogP contribution in [0.2, 0.25) is 0 Å². The molecule has 1 N–H and O–H groups in total. The maximum atomic E-state index is 11.6. The van der Waals surface area contributed by atoms with Crippen molar-refractivity contribution in [3.05, 3.63) is 22.4 Å². The van der Waals surface area contributed by atoms with Gasteiger partial charge in [0.2, 0.25) is 5.91 Å². The summed E-state index contributed by atoms with van der Waals surface area (Å²) in [5.74, 6) is 0.183. The van der Waals surface area contributed by atoms with Crippen molar-refractivity contribution in [2.45, 2.75) is 6.42 Å². The van der Waals surface area contributed by atoms with E-state index in [4.69, 9.17) is 0 Å². The van der Waals surface area contributed by atoms with Gasteiger partial charge in [0, 0.05) is 25.0 Å². The second-order valence-electron chi connectivity index (χ2n) is 3.17. The maximum Gasteiger partial charge on any atom is 0.227 e. The first kappa shape index (κ1) is 14.4. The Morgan fingerprint density at radius 2 is 2.33 bits per heavy atom. The van der Waals surface area contributed by atoms with Crippen LogP contribution in [0.15, 0.2) is 17.5 Å². The first-order chi connectivity index (χ1) is 6.74. The van der Waals surface area contributed by atoms with Gasteiger partial charge in [0.05, 0.1) is 6.42 Å². The average Bonchev–Trinajstić information content (AvgIpc) is 2.66. The minimum absolute atomic E-state index is 0. The number of carbonyl (C=O) groups excluding carboxylic acids is 1. The highest BCUT2D eigenvalue weighted by Gasteiger charge is 2.08. The summed E-state index contributed by atoms with van der Waals surface area (Å²) in [4.78, 5) is 14.5. The largest absolute Gasteiger partial charge is 0.344 e. The quantitative estimate of drug-likeness (QED) is 0.854. The van der Waals surface area contributed by atoms with Crippen molar-refractivity contribution < 1.29 is 4.79 Å². The Morgan fingerprint density at radius 1 is 1.60 bits per heavy atom. The third kappa shape index (κ3) is 5.16. The van der Waals surface area contributed by atoms with Gasteiger partial charge < -0.3 is 10.2 Å². The minimum Gasteiger partial charge on any atom is -0.344 e. The van der Waals surface area contributed by atoms with E-state index in [1.165, 1.54) is 0 Å². The molecule has 0 atom stereocenters. The van der Waals surface area contributed by atoms with Crippen molar-refractivity contribution in [1.82, 2.24) is 10.2 Å². The number of hydrogen-bond donors (Lipinski definition) is 1. The molecule has 1 heterocycles. The van der Waals surface area contributed by atoms with Gasteiger partial charge in [0.15, 0.2) is 0 Å². The summed E-state index contributed by atoms with van der Waals surface area (Å²) in [5, 5.41) is 5.02. The van der Waals surface area contributed by atoms with Gasteiger partial charge >= 0.3 is 0 Å². The Morgan fingerprint density at radius 3 is 2.87 bits per heavy atom. The fourth-order valence-electron chi connectivity index (χ4n) is 1.10. The molecule has 0 aromatic carbocycles. The zero-order valence-electron chi connectivity index (χ0n) is 9.03. The van der Waals surface area contributed by atoms with Crippen LogP contribution >= 0.6 is 23.7 Å². The fraction of sp³-hybridized carbons (Fsp3) is 0.500. The predicted molar refractivity (Wildman–Crippen MR) is 66.8 cm³/mol. The summed E-state index contributed by atoms with van der Waals surface area (Å²) < 4.78 is 0. The van der Waals surface area contributed by atoms with Crippen molar-refractivity contribution in [3.63, 3.8) is 0 Å². The summed E-state index contributed by atoms with van der Waals surface area (Å²) in [6.07, 6.45) is 0.526. The highest BCUT2D eigenvalue weighted by molar-refractivity contribution is 7.10. The monoisotopic (exact) mass is 248 g/mol. The van der Waals surface area contributed by atoms with Crippen LogP contribution < -0.4 is 5.32 Å². The van der Waals surface area contributed by atoms with Crippen molar-refractivity contribution in [3.8, 4) is 0 Å². The number of carbonyl (C=O) groups is 1. The van der Waals surface area contributed by atoms with E-state index in [2.05, 4.69) is 5.32 Å². The molecule has 1 aromatic heterocycles. The second-order valence-corrected chi connectivity index (χ2v) is 4.21. The van der Waals surface area contributed by atoms with Gasteiger partial charge in [-0.1, -0.05) is 6.07 Å². The van der Waals surface area contributed by atoms with E-state index in [0.29, 0.717) is 6.42 Å². The molecule has 3 nitrogen and oxygen atoms in total. The maximum absolute atomic E-state index is 11.6. The molecule has 1 aromatic rings. The Labute approximate surface area is 101 Å². The number of nitrogens with one attached hydrogen (secondary N) is 1. The Bertz CT molecular complexity index is 277. The molecule has 0 radical (unpaired) electrons. The third-order valence-electron chi connectivity index (χ3n) is 2.03. The summed E-state index contributed by atoms with van der Waals surface area (Å²) in [6, 6.07) is 3.97. The molecule has 0 saturated carbocycles. The van der Waals surface area contributed by atoms with Gasteiger partial charge in [-0.2, -0.15) is 0 Å². The number of thiophene rings is 1. The van der Waals surface area contributed by atoms with Crippen LogP contribution in [-0.2, 0) is 11.2 Å². The van der Waals surface area contributed by atoms with Crippen molar-refractivity contribution in [2.75, 3.05) is 27.2 Å². The summed E-state index contributed by atoms with van der Waals surface area (Å²) in [6.45, 7) is 1.60. The molecule has 15 heavy (non-hydrogen) atoms. The Kier molecular flexibility index (Phi) is 7.38. The van der Waals surface area contributed by atoms with Crippen molar-refractivity contribution in [2.24, 2.45) is 0 Å². The molecule has 0 aliphatic carbocycles. The molecule has 86 valence electrons. The van der Waals surface area contributed by atoms with Crippen molar-refractivity contribution in [1.29, 1.82) is 0 Å². The van der Waals surface area contributed by atoms with E-state index in [-0.39, 0.29) is 18.3 Å². The summed E-state index contributed by atoms with van der Waals surface area (Å²) in [5.41, 5.74) is 0. The van der Waals surface area contributed by atoms with E-state index in [1.807, 2.05) is 31.6 Å². The lowest BCUT2D eigenvalue weighted by atomic mass is 10.3. The SMILES string of the molecule is CNCCN(C)C(=O)Cc1cccs1.Cl. The zero-order valence-corrected chi connectivity index (χ0v) is 10.7. The standard InChI is InChI=1S/C10H16N2OS.ClH/c1-11-5-6-12(2)10(13)8-9-4-3-7-14-9;/h3-4,7,11H,5-6,8H2,1-2H3;1H. The van der Waals surface area contributed by atoms with Crippen LogP contribution in [0, 0.1) is 0 Å². The third-order valence-corrected chi connectivity index (χ3v) is 2.90. The fourth-order valence-corrected chi connectivity index (χ4v) is 1.80. The van der Waals surface area contributed by atoms with Gasteiger partial charge in [-0.15, -0.1) is 23.7 Å². The lowest BCUT2D eigenvalue weighted by Crippen LogP contribution is -2.33. The van der Waals surface area contributed by atoms with Gasteiger partial charge in [0.25, 0.3) is 0 Å². The average molecular weight is 249 g/mol. The van der Waals surface area contributed by atoms with Gasteiger partial charge in [-0.05, 0) is 18.5 Å². The second kappa shape index (κ2) is 7.68. The molecule has 0 spiro atoms. The van der Waals surface area contributed by atoms with Gasteiger partial charge in [-0.25, -0.2) is 0 Å². The van der Waals surface area contributed by atoms with Crippen LogP contribution in [0.25, 0.3) is 0 Å². The number of rotatable bonds is 5. The number of hydrogen-bond acceptors (Lipinski definition) is 3. The van der Waals surface area contributed by atoms with Gasteiger partial charge in [-0.3, -0.25) is 4.79 Å². The topological polar surface area (TPSA) is 32.3 Å². The highest BCUT2D eigenvalue weighted by atomic mass is 35.5. The van der Waals surface area contributed by atoms with Crippen LogP contribution in [0.1, 0.15) is 4.88 Å². The minimum atomic E-state index is 0. The summed E-state index contributed by atoms with van der Waals surface area (Å²) >= 11 is 1.63. The molecule has 0 aliphatic heterocycles. The molecule has 1 rings (SSSR count). The van der Waals surface area contributed by atoms with Crippen LogP contribution in [0.5, 0.6) is 0 Å². The normalized spacial score (nSPS) is 9.47. The molecule has 0 unspecified atom stereocenters. The molecule has 1 amide bonds. The first-order valence-electron chi connectivity index (χ1n) is 4.65. The van der Waals surface area contributed by atoms with E-state index in [1.54, 1.807) is 16.2 Å². The molecule has 0 saturated heterocycles. The van der Waals surface area contributed by atoms with Crippen molar-refractivity contribution >= 4 is 29.7 Å². The lowest BCUT2D eigenvalue weighted by Gasteiger charge is -2.16. The van der Waals surface area contributed by atoms with Gasteiger partial charge in [0.1, 0.15) is 0 Å². The molecular weight excluding hydrogens is 232 g/mol. The Balaban J connectivity index is 0.00000196. The lowest BCUT2D eigenvalue weighted by molar-refractivity contribution is -0.129. The summed E-state index contributed by atoms with van der Waals surface area (Å²) in [7, 11) is 3.73. The predicted octanol–water partition coefficient (Wildman–Crippen LogP) is 1.39. The van der Waals surface area contributed by atoms with E-state index >= 15 is 0 Å². The molecule has 0 fully saturated rings. The molecule has 0 aliphatic rings. The number of amides is 1. The zero-order chi connectivity index (χ0) is 10.4. The molecule has 0 bridgehead atoms. The molecular formula is C10H17ClN2OS. The highest BCUT2D eigenvalue weighted by Crippen LogP contribution is 2.09. The number of likely N-dealkylation sites (N-methyl/N-ethyl adjacent to an activating group) is 2. The number of halogens is 1. The number of nitrogens with zero attached hydrogens (tertiary/aromatic N) is 1. The van der Waals surface area contributed by atoms with E-state index in [9.17, 15) is 4.79 Å². The van der Waals surface area contributed by atoms with E-state index < -0.39 is 0 Å². The first-order valence-corrected chi connectivity index (χ1v) is 5.53. The Hall–Kier alpha value is -0.580. The van der Waals surface area contributed by atoms with E-state index in [0.717, 1.165) is 18.0 Å². The van der Waals surface area contributed by atoms with Crippen LogP contribution in [0.4, 0.5) is 0 Å².